The molecule has 0 aliphatic heterocycles. The Bertz CT molecular complexity index is 350. The van der Waals surface area contributed by atoms with Gasteiger partial charge in [-0.1, -0.05) is 26.3 Å². The smallest absolute Gasteiger partial charge is 0.394 e. The molecule has 0 spiro atoms. The first-order valence-electron chi connectivity index (χ1n) is 6.78. The molecule has 124 valence electrons. The molecule has 0 aromatic rings. The zero-order valence-electron chi connectivity index (χ0n) is 12.2. The summed E-state index contributed by atoms with van der Waals surface area (Å²) in [6.45, 7) is 6.66. The number of halogens is 5. The third-order valence-electron chi connectivity index (χ3n) is 2.79. The number of hydrogen-bond donors (Lipinski definition) is 0. The molecule has 0 radical (unpaired) electrons. The summed E-state index contributed by atoms with van der Waals surface area (Å²) in [5.74, 6) is -4.56. The van der Waals surface area contributed by atoms with E-state index >= 15 is 0 Å². The highest BCUT2D eigenvalue weighted by atomic mass is 19.4. The molecule has 0 aromatic heterocycles. The maximum atomic E-state index is 13.2. The first-order chi connectivity index (χ1) is 9.47. The zero-order chi connectivity index (χ0) is 16.7. The molecule has 21 heavy (non-hydrogen) atoms. The fraction of sp³-hybridized carbons (Fsp3) is 0.786. The van der Waals surface area contributed by atoms with Crippen LogP contribution in [0.5, 0.6) is 0 Å². The lowest BCUT2D eigenvalue weighted by molar-refractivity contribution is -0.191. The molecule has 0 amide bonds. The minimum atomic E-state index is -4.92. The second kappa shape index (κ2) is 8.34. The average Bonchev–Trinajstić information content (AvgIpc) is 2.29. The number of alkyl halides is 5. The van der Waals surface area contributed by atoms with Crippen LogP contribution in [-0.4, -0.2) is 24.2 Å². The lowest BCUT2D eigenvalue weighted by Crippen LogP contribution is -2.28. The van der Waals surface area contributed by atoms with Gasteiger partial charge in [0.15, 0.2) is 0 Å². The molecule has 7 heteroatoms. The summed E-state index contributed by atoms with van der Waals surface area (Å²) in [4.78, 5) is 11.4. The van der Waals surface area contributed by atoms with E-state index in [4.69, 9.17) is 4.74 Å². The van der Waals surface area contributed by atoms with Crippen molar-refractivity contribution in [1.29, 1.82) is 0 Å². The maximum absolute atomic E-state index is 13.2. The largest absolute Gasteiger partial charge is 0.459 e. The van der Waals surface area contributed by atoms with Crippen molar-refractivity contribution in [3.05, 3.63) is 12.2 Å². The van der Waals surface area contributed by atoms with E-state index in [9.17, 15) is 26.7 Å². The van der Waals surface area contributed by atoms with Crippen molar-refractivity contribution in [3.63, 3.8) is 0 Å². The molecule has 0 heterocycles. The Morgan fingerprint density at radius 3 is 2.19 bits per heavy atom. The van der Waals surface area contributed by atoms with Crippen LogP contribution in [0.1, 0.15) is 52.4 Å². The second-order valence-corrected chi connectivity index (χ2v) is 5.14. The molecule has 1 atom stereocenters. The first-order valence-corrected chi connectivity index (χ1v) is 6.78. The van der Waals surface area contributed by atoms with Gasteiger partial charge in [0.2, 0.25) is 0 Å². The number of esters is 1. The predicted octanol–water partition coefficient (Wildman–Crippen LogP) is 5.03. The Morgan fingerprint density at radius 2 is 1.76 bits per heavy atom. The van der Waals surface area contributed by atoms with Gasteiger partial charge < -0.3 is 4.74 Å². The average molecular weight is 316 g/mol. The minimum absolute atomic E-state index is 0.124. The highest BCUT2D eigenvalue weighted by Gasteiger charge is 2.43. The third-order valence-corrected chi connectivity index (χ3v) is 2.79. The summed E-state index contributed by atoms with van der Waals surface area (Å²) in [5.41, 5.74) is 0.124. The van der Waals surface area contributed by atoms with Gasteiger partial charge in [-0.2, -0.15) is 13.2 Å². The van der Waals surface area contributed by atoms with Gasteiger partial charge in [0, 0.05) is 12.0 Å². The molecule has 0 aliphatic carbocycles. The minimum Gasteiger partial charge on any atom is -0.459 e. The molecule has 0 saturated heterocycles. The van der Waals surface area contributed by atoms with E-state index < -0.39 is 37.0 Å². The Labute approximate surface area is 121 Å². The van der Waals surface area contributed by atoms with E-state index in [0.29, 0.717) is 12.8 Å². The summed E-state index contributed by atoms with van der Waals surface area (Å²) >= 11 is 0. The number of carbonyl (C=O) groups excluding carboxylic acids is 1. The lowest BCUT2D eigenvalue weighted by Gasteiger charge is -2.22. The normalized spacial score (nSPS) is 13.9. The number of unbranched alkanes of at least 4 members (excludes halogenated alkanes) is 1. The van der Waals surface area contributed by atoms with Crippen molar-refractivity contribution in [2.45, 2.75) is 70.6 Å². The van der Waals surface area contributed by atoms with Gasteiger partial charge in [-0.25, -0.2) is 13.6 Å². The van der Waals surface area contributed by atoms with Crippen LogP contribution in [0.4, 0.5) is 22.0 Å². The van der Waals surface area contributed by atoms with Gasteiger partial charge in [-0.05, 0) is 19.8 Å². The number of ether oxygens (including phenoxy) is 1. The van der Waals surface area contributed by atoms with Crippen molar-refractivity contribution >= 4 is 5.97 Å². The van der Waals surface area contributed by atoms with Crippen LogP contribution >= 0.6 is 0 Å². The molecule has 2 nitrogen and oxygen atoms in total. The standard InChI is InChI=1S/C14H21F5O2/c1-4-5-6-11(21-12(20)10(2)3)7-8-13(15,16)9-14(17,18)19/h11H,2,4-9H2,1,3H3. The van der Waals surface area contributed by atoms with Crippen LogP contribution in [0.2, 0.25) is 0 Å². The maximum Gasteiger partial charge on any atom is 0.394 e. The van der Waals surface area contributed by atoms with Gasteiger partial charge in [0.05, 0.1) is 0 Å². The van der Waals surface area contributed by atoms with E-state index in [2.05, 4.69) is 6.58 Å². The van der Waals surface area contributed by atoms with Crippen LogP contribution in [0, 0.1) is 0 Å². The van der Waals surface area contributed by atoms with Crippen LogP contribution in [-0.2, 0) is 9.53 Å². The highest BCUT2D eigenvalue weighted by Crippen LogP contribution is 2.35. The van der Waals surface area contributed by atoms with Gasteiger partial charge in [0.25, 0.3) is 5.92 Å². The van der Waals surface area contributed by atoms with Crippen LogP contribution in [0.15, 0.2) is 12.2 Å². The fourth-order valence-electron chi connectivity index (χ4n) is 1.70. The SMILES string of the molecule is C=C(C)C(=O)OC(CCCC)CCC(F)(F)CC(F)(F)F. The van der Waals surface area contributed by atoms with Gasteiger partial charge >= 0.3 is 12.1 Å². The molecule has 0 aromatic carbocycles. The van der Waals surface area contributed by atoms with Crippen molar-refractivity contribution in [2.75, 3.05) is 0 Å². The number of carbonyl (C=O) groups is 1. The molecule has 0 bridgehead atoms. The Balaban J connectivity index is 4.52. The van der Waals surface area contributed by atoms with Crippen LogP contribution in [0.3, 0.4) is 0 Å². The monoisotopic (exact) mass is 316 g/mol. The van der Waals surface area contributed by atoms with E-state index in [1.165, 1.54) is 6.92 Å². The van der Waals surface area contributed by atoms with Crippen molar-refractivity contribution < 1.29 is 31.5 Å². The quantitative estimate of drug-likeness (QED) is 0.339. The molecular formula is C14H21F5O2. The van der Waals surface area contributed by atoms with Gasteiger partial charge in [-0.3, -0.25) is 0 Å². The third kappa shape index (κ3) is 10.3. The van der Waals surface area contributed by atoms with Crippen molar-refractivity contribution in [2.24, 2.45) is 0 Å². The van der Waals surface area contributed by atoms with Crippen LogP contribution in [0.25, 0.3) is 0 Å². The summed E-state index contributed by atoms with van der Waals surface area (Å²) in [6, 6.07) is 0. The highest BCUT2D eigenvalue weighted by molar-refractivity contribution is 5.87. The number of rotatable bonds is 9. The summed E-state index contributed by atoms with van der Waals surface area (Å²) in [5, 5.41) is 0. The predicted molar refractivity (Wildman–Crippen MR) is 69.1 cm³/mol. The molecule has 0 rings (SSSR count). The van der Waals surface area contributed by atoms with Gasteiger partial charge in [0.1, 0.15) is 12.5 Å². The molecule has 0 aliphatic rings. The van der Waals surface area contributed by atoms with Crippen molar-refractivity contribution in [1.82, 2.24) is 0 Å². The first kappa shape index (κ1) is 19.9. The molecule has 0 saturated carbocycles. The van der Waals surface area contributed by atoms with Gasteiger partial charge in [-0.15, -0.1) is 0 Å². The lowest BCUT2D eigenvalue weighted by atomic mass is 10.0. The van der Waals surface area contributed by atoms with E-state index in [1.54, 1.807) is 0 Å². The van der Waals surface area contributed by atoms with Crippen molar-refractivity contribution in [3.8, 4) is 0 Å². The van der Waals surface area contributed by atoms with E-state index in [-0.39, 0.29) is 12.0 Å². The summed E-state index contributed by atoms with van der Waals surface area (Å²) in [6.07, 6.45) is -7.41. The Morgan fingerprint density at radius 1 is 1.19 bits per heavy atom. The number of hydrogen-bond acceptors (Lipinski definition) is 2. The zero-order valence-corrected chi connectivity index (χ0v) is 12.2. The Hall–Kier alpha value is -1.14. The summed E-state index contributed by atoms with van der Waals surface area (Å²) in [7, 11) is 0. The molecule has 0 fully saturated rings. The Kier molecular flexibility index (Phi) is 7.89. The topological polar surface area (TPSA) is 26.3 Å². The van der Waals surface area contributed by atoms with E-state index in [0.717, 1.165) is 6.42 Å². The molecule has 1 unspecified atom stereocenters. The molecular weight excluding hydrogens is 295 g/mol. The van der Waals surface area contributed by atoms with E-state index in [1.807, 2.05) is 6.92 Å². The van der Waals surface area contributed by atoms with Crippen LogP contribution < -0.4 is 0 Å². The second-order valence-electron chi connectivity index (χ2n) is 5.14. The molecule has 0 N–H and O–H groups in total. The summed E-state index contributed by atoms with van der Waals surface area (Å²) < 4.78 is 67.5. The fourth-order valence-corrected chi connectivity index (χ4v) is 1.70.